The van der Waals surface area contributed by atoms with Crippen molar-refractivity contribution >= 4 is 5.91 Å². The summed E-state index contributed by atoms with van der Waals surface area (Å²) in [5.41, 5.74) is 1.70. The standard InChI is InChI=1S/C23H25FN2O2/c1-28-19-7-5-15(6-8-19)20-14-26(23(27)17-3-2-4-18(24)13-17)21-16-9-11-25(12-10-16)22(20)21/h2-8,13,16,20-22H,9-12,14H2,1H3/t20-,21+,22+/m0/s1. The normalized spacial score (nSPS) is 30.9. The van der Waals surface area contributed by atoms with E-state index in [1.807, 2.05) is 17.0 Å². The van der Waals surface area contributed by atoms with E-state index in [9.17, 15) is 9.18 Å². The van der Waals surface area contributed by atoms with Gasteiger partial charge in [0.15, 0.2) is 0 Å². The third kappa shape index (κ3) is 2.80. The summed E-state index contributed by atoms with van der Waals surface area (Å²) in [7, 11) is 1.67. The Morgan fingerprint density at radius 3 is 2.50 bits per heavy atom. The Hall–Kier alpha value is -2.40. The maximum absolute atomic E-state index is 13.7. The summed E-state index contributed by atoms with van der Waals surface area (Å²) >= 11 is 0. The van der Waals surface area contributed by atoms with Gasteiger partial charge in [-0.1, -0.05) is 18.2 Å². The number of carbonyl (C=O) groups is 1. The first kappa shape index (κ1) is 17.7. The Bertz CT molecular complexity index is 876. The Morgan fingerprint density at radius 1 is 1.07 bits per heavy atom. The van der Waals surface area contributed by atoms with Gasteiger partial charge in [-0.25, -0.2) is 4.39 Å². The maximum Gasteiger partial charge on any atom is 0.254 e. The molecule has 0 N–H and O–H groups in total. The topological polar surface area (TPSA) is 32.8 Å². The molecule has 0 aliphatic carbocycles. The highest BCUT2D eigenvalue weighted by Crippen LogP contribution is 2.47. The predicted octanol–water partition coefficient (Wildman–Crippen LogP) is 3.54. The van der Waals surface area contributed by atoms with Crippen LogP contribution in [0.4, 0.5) is 4.39 Å². The molecule has 4 nitrogen and oxygen atoms in total. The van der Waals surface area contributed by atoms with Crippen LogP contribution in [0.1, 0.15) is 34.7 Å². The summed E-state index contributed by atoms with van der Waals surface area (Å²) in [6.07, 6.45) is 2.28. The van der Waals surface area contributed by atoms with Gasteiger partial charge in [-0.05, 0) is 67.7 Å². The van der Waals surface area contributed by atoms with E-state index in [0.717, 1.165) is 31.7 Å². The number of benzene rings is 2. The number of hydrogen-bond donors (Lipinski definition) is 0. The van der Waals surface area contributed by atoms with Crippen LogP contribution in [0, 0.1) is 11.7 Å². The highest BCUT2D eigenvalue weighted by atomic mass is 19.1. The van der Waals surface area contributed by atoms with Crippen molar-refractivity contribution in [3.05, 3.63) is 65.5 Å². The first-order valence-electron chi connectivity index (χ1n) is 10.1. The summed E-state index contributed by atoms with van der Waals surface area (Å²) in [5, 5.41) is 0. The molecule has 4 fully saturated rings. The van der Waals surface area contributed by atoms with Crippen LogP contribution in [0.15, 0.2) is 48.5 Å². The predicted molar refractivity (Wildman–Crippen MR) is 105 cm³/mol. The van der Waals surface area contributed by atoms with Gasteiger partial charge < -0.3 is 9.64 Å². The Balaban J connectivity index is 1.50. The monoisotopic (exact) mass is 380 g/mol. The molecule has 28 heavy (non-hydrogen) atoms. The molecule has 4 saturated heterocycles. The fraction of sp³-hybridized carbons (Fsp3) is 0.435. The maximum atomic E-state index is 13.7. The lowest BCUT2D eigenvalue weighted by Crippen LogP contribution is -2.60. The van der Waals surface area contributed by atoms with Crippen molar-refractivity contribution < 1.29 is 13.9 Å². The molecule has 1 amide bonds. The lowest BCUT2D eigenvalue weighted by molar-refractivity contribution is -0.00342. The quantitative estimate of drug-likeness (QED) is 0.817. The molecule has 4 aliphatic heterocycles. The summed E-state index contributed by atoms with van der Waals surface area (Å²) < 4.78 is 19.0. The van der Waals surface area contributed by atoms with E-state index in [2.05, 4.69) is 17.0 Å². The van der Waals surface area contributed by atoms with E-state index in [1.165, 1.54) is 17.7 Å². The summed E-state index contributed by atoms with van der Waals surface area (Å²) in [4.78, 5) is 17.9. The van der Waals surface area contributed by atoms with E-state index in [-0.39, 0.29) is 23.7 Å². The summed E-state index contributed by atoms with van der Waals surface area (Å²) in [5.74, 6) is 1.25. The van der Waals surface area contributed by atoms with Gasteiger partial charge in [-0.2, -0.15) is 0 Å². The van der Waals surface area contributed by atoms with E-state index in [1.54, 1.807) is 19.2 Å². The number of halogens is 1. The summed E-state index contributed by atoms with van der Waals surface area (Å²) in [6, 6.07) is 14.9. The van der Waals surface area contributed by atoms with E-state index in [4.69, 9.17) is 4.74 Å². The van der Waals surface area contributed by atoms with Crippen molar-refractivity contribution in [2.45, 2.75) is 30.8 Å². The van der Waals surface area contributed by atoms with Crippen molar-refractivity contribution in [1.82, 2.24) is 9.80 Å². The SMILES string of the molecule is COc1ccc([C@@H]2CN(C(=O)c3cccc(F)c3)[C@@H]3C4CCN(CC4)[C@@H]32)cc1. The molecule has 5 heteroatoms. The molecule has 0 spiro atoms. The Kier molecular flexibility index (Phi) is 4.35. The third-order valence-corrected chi connectivity index (χ3v) is 6.87. The highest BCUT2D eigenvalue weighted by Gasteiger charge is 2.54. The number of methoxy groups -OCH3 is 1. The van der Waals surface area contributed by atoms with Crippen LogP contribution < -0.4 is 4.74 Å². The zero-order valence-corrected chi connectivity index (χ0v) is 16.1. The van der Waals surface area contributed by atoms with Crippen LogP contribution >= 0.6 is 0 Å². The molecule has 4 heterocycles. The molecule has 6 rings (SSSR count). The molecule has 2 aromatic carbocycles. The number of ether oxygens (including phenoxy) is 1. The van der Waals surface area contributed by atoms with Gasteiger partial charge in [0.2, 0.25) is 0 Å². The summed E-state index contributed by atoms with van der Waals surface area (Å²) in [6.45, 7) is 2.91. The van der Waals surface area contributed by atoms with Gasteiger partial charge in [-0.3, -0.25) is 9.69 Å². The van der Waals surface area contributed by atoms with E-state index < -0.39 is 0 Å². The molecular formula is C23H25FN2O2. The number of amides is 1. The fourth-order valence-electron chi connectivity index (χ4n) is 5.59. The van der Waals surface area contributed by atoms with Crippen molar-refractivity contribution in [3.63, 3.8) is 0 Å². The smallest absolute Gasteiger partial charge is 0.254 e. The number of rotatable bonds is 3. The van der Waals surface area contributed by atoms with E-state index >= 15 is 0 Å². The molecule has 0 aromatic heterocycles. The molecule has 2 aromatic rings. The first-order valence-corrected chi connectivity index (χ1v) is 10.1. The van der Waals surface area contributed by atoms with Gasteiger partial charge in [0.1, 0.15) is 11.6 Å². The largest absolute Gasteiger partial charge is 0.497 e. The number of piperidine rings is 3. The van der Waals surface area contributed by atoms with Gasteiger partial charge in [-0.15, -0.1) is 0 Å². The fourth-order valence-corrected chi connectivity index (χ4v) is 5.59. The molecule has 4 aliphatic rings. The van der Waals surface area contributed by atoms with Gasteiger partial charge in [0.25, 0.3) is 5.91 Å². The van der Waals surface area contributed by atoms with Crippen LogP contribution in [-0.4, -0.2) is 54.5 Å². The van der Waals surface area contributed by atoms with Crippen LogP contribution in [0.25, 0.3) is 0 Å². The molecule has 3 atom stereocenters. The minimum atomic E-state index is -0.359. The van der Waals surface area contributed by atoms with Gasteiger partial charge in [0.05, 0.1) is 13.2 Å². The second-order valence-electron chi connectivity index (χ2n) is 8.20. The average molecular weight is 380 g/mol. The second kappa shape index (κ2) is 6.89. The van der Waals surface area contributed by atoms with Crippen molar-refractivity contribution in [1.29, 1.82) is 0 Å². The van der Waals surface area contributed by atoms with Crippen molar-refractivity contribution in [2.75, 3.05) is 26.7 Å². The first-order chi connectivity index (χ1) is 13.7. The minimum absolute atomic E-state index is 0.0424. The Labute approximate surface area is 164 Å². The molecule has 0 saturated carbocycles. The van der Waals surface area contributed by atoms with Crippen LogP contribution in [0.2, 0.25) is 0 Å². The molecule has 0 radical (unpaired) electrons. The lowest BCUT2D eigenvalue weighted by Gasteiger charge is -2.51. The molecule has 146 valence electrons. The zero-order chi connectivity index (χ0) is 19.3. The minimum Gasteiger partial charge on any atom is -0.497 e. The average Bonchev–Trinajstić information content (AvgIpc) is 3.17. The van der Waals surface area contributed by atoms with Crippen molar-refractivity contribution in [2.24, 2.45) is 5.92 Å². The van der Waals surface area contributed by atoms with Gasteiger partial charge in [0, 0.05) is 24.1 Å². The third-order valence-electron chi connectivity index (χ3n) is 6.87. The number of fused-ring (bicyclic) bond motifs is 2. The lowest BCUT2D eigenvalue weighted by atomic mass is 9.75. The second-order valence-corrected chi connectivity index (χ2v) is 8.20. The van der Waals surface area contributed by atoms with Crippen molar-refractivity contribution in [3.8, 4) is 5.75 Å². The Morgan fingerprint density at radius 2 is 1.82 bits per heavy atom. The zero-order valence-electron chi connectivity index (χ0n) is 16.1. The number of hydrogen-bond acceptors (Lipinski definition) is 3. The molecular weight excluding hydrogens is 355 g/mol. The number of carbonyl (C=O) groups excluding carboxylic acids is 1. The van der Waals surface area contributed by atoms with Crippen LogP contribution in [0.5, 0.6) is 5.75 Å². The van der Waals surface area contributed by atoms with Crippen LogP contribution in [-0.2, 0) is 0 Å². The molecule has 2 bridgehead atoms. The number of nitrogens with zero attached hydrogens (tertiary/aromatic N) is 2. The van der Waals surface area contributed by atoms with Gasteiger partial charge >= 0.3 is 0 Å². The molecule has 0 unspecified atom stereocenters. The number of likely N-dealkylation sites (tertiary alicyclic amines) is 1. The van der Waals surface area contributed by atoms with Crippen LogP contribution in [0.3, 0.4) is 0 Å². The van der Waals surface area contributed by atoms with E-state index in [0.29, 0.717) is 24.1 Å². The highest BCUT2D eigenvalue weighted by molar-refractivity contribution is 5.95.